The molecule has 0 aliphatic carbocycles. The van der Waals surface area contributed by atoms with E-state index in [1.165, 1.54) is 0 Å². The number of nitrogens with one attached hydrogen (secondary N) is 1. The fourth-order valence-corrected chi connectivity index (χ4v) is 4.27. The van der Waals surface area contributed by atoms with Crippen LogP contribution in [0, 0.1) is 5.16 Å². The summed E-state index contributed by atoms with van der Waals surface area (Å²) in [5, 5.41) is 17.8. The van der Waals surface area contributed by atoms with Crippen molar-refractivity contribution < 1.29 is 50.8 Å². The summed E-state index contributed by atoms with van der Waals surface area (Å²) in [5.74, 6) is 2.50. The van der Waals surface area contributed by atoms with Gasteiger partial charge in [0.25, 0.3) is 0 Å². The molecule has 9 heteroatoms. The summed E-state index contributed by atoms with van der Waals surface area (Å²) in [5.41, 5.74) is 0. The molecule has 0 bridgehead atoms. The summed E-state index contributed by atoms with van der Waals surface area (Å²) in [4.78, 5) is 0. The van der Waals surface area contributed by atoms with E-state index in [1.807, 2.05) is 72.8 Å². The zero-order valence-electron chi connectivity index (χ0n) is 18.6. The Kier molecular flexibility index (Phi) is 12.0. The van der Waals surface area contributed by atoms with Gasteiger partial charge < -0.3 is 14.2 Å². The van der Waals surface area contributed by atoms with Crippen molar-refractivity contribution in [3.05, 3.63) is 126 Å². The van der Waals surface area contributed by atoms with Crippen LogP contribution in [0.2, 0.25) is 0 Å². The van der Waals surface area contributed by atoms with Crippen LogP contribution in [-0.4, -0.2) is 6.66 Å². The van der Waals surface area contributed by atoms with Crippen LogP contribution in [0.15, 0.2) is 121 Å². The minimum atomic E-state index is -2.89. The molecule has 171 valence electrons. The van der Waals surface area contributed by atoms with Crippen molar-refractivity contribution in [2.45, 2.75) is 0 Å². The van der Waals surface area contributed by atoms with Crippen molar-refractivity contribution in [3.8, 4) is 23.0 Å². The van der Waals surface area contributed by atoms with E-state index in [1.54, 1.807) is 55.2 Å². The molecule has 1 N–H and O–H groups in total. The third kappa shape index (κ3) is 10.6. The van der Waals surface area contributed by atoms with E-state index in [-0.39, 0.29) is 32.7 Å². The van der Waals surface area contributed by atoms with Gasteiger partial charge in [-0.1, -0.05) is 72.8 Å². The van der Waals surface area contributed by atoms with Gasteiger partial charge in [0.1, 0.15) is 19.0 Å². The van der Waals surface area contributed by atoms with Gasteiger partial charge in [-0.3, -0.25) is 0 Å². The van der Waals surface area contributed by atoms with Gasteiger partial charge in [0.2, 0.25) is 0 Å². The van der Waals surface area contributed by atoms with Crippen LogP contribution in [0.25, 0.3) is 5.16 Å². The summed E-state index contributed by atoms with van der Waals surface area (Å²) >= 11 is 0. The fraction of sp³-hybridized carbons (Fsp3) is 0.0400. The zero-order valence-corrected chi connectivity index (χ0v) is 23.2. The Hall–Kier alpha value is -2.49. The molecule has 0 fully saturated rings. The number of nitrogens with zero attached hydrogens (tertiary/aromatic N) is 1. The van der Waals surface area contributed by atoms with Gasteiger partial charge in [0, 0.05) is 39.4 Å². The first-order chi connectivity index (χ1) is 16.0. The van der Waals surface area contributed by atoms with Crippen LogP contribution in [0.4, 0.5) is 0 Å². The van der Waals surface area contributed by atoms with Crippen molar-refractivity contribution in [2.24, 2.45) is 0 Å². The molecule has 0 aliphatic rings. The molecule has 0 aliphatic heterocycles. The number of para-hydroxylation sites is 4. The molecule has 0 saturated heterocycles. The first-order valence-corrected chi connectivity index (χ1v) is 13.3. The SMILES string of the molecule is CP(=[N-])(Oc1ccccc1)Oc1ccccc1.N=[P+](Oc1ccccc1)Oc1ccccc1.[Y]. The normalized spacial score (nSPS) is 9.91. The van der Waals surface area contributed by atoms with Crippen LogP contribution in [0.3, 0.4) is 0 Å². The molecule has 0 heterocycles. The van der Waals surface area contributed by atoms with E-state index in [4.69, 9.17) is 23.3 Å². The predicted octanol–water partition coefficient (Wildman–Crippen LogP) is 8.59. The van der Waals surface area contributed by atoms with E-state index in [9.17, 15) is 5.16 Å². The average Bonchev–Trinajstić information content (AvgIpc) is 2.81. The smallest absolute Gasteiger partial charge is 0.664 e. The molecule has 1 radical (unpaired) electrons. The second-order valence-corrected chi connectivity index (χ2v) is 9.53. The minimum Gasteiger partial charge on any atom is -0.741 e. The molecule has 0 amide bonds. The van der Waals surface area contributed by atoms with Crippen LogP contribution in [0.1, 0.15) is 0 Å². The number of hydrogen-bond donors (Lipinski definition) is 1. The number of benzene rings is 4. The molecular weight excluding hydrogens is 543 g/mol. The molecule has 6 nitrogen and oxygen atoms in total. The van der Waals surface area contributed by atoms with Crippen molar-refractivity contribution in [3.63, 3.8) is 0 Å². The van der Waals surface area contributed by atoms with E-state index in [2.05, 4.69) is 0 Å². The summed E-state index contributed by atoms with van der Waals surface area (Å²) in [6.07, 6.45) is 0. The monoisotopic (exact) mass is 567 g/mol. The van der Waals surface area contributed by atoms with E-state index >= 15 is 0 Å². The average molecular weight is 567 g/mol. The Balaban J connectivity index is 0.000000234. The molecule has 34 heavy (non-hydrogen) atoms. The van der Waals surface area contributed by atoms with E-state index in [0.717, 1.165) is 0 Å². The quantitative estimate of drug-likeness (QED) is 0.216. The van der Waals surface area contributed by atoms with Crippen LogP contribution < -0.4 is 18.1 Å². The maximum absolute atomic E-state index is 10.1. The van der Waals surface area contributed by atoms with E-state index < -0.39 is 15.7 Å². The summed E-state index contributed by atoms with van der Waals surface area (Å²) in [7, 11) is -4.57. The Morgan fingerprint density at radius 3 is 1.12 bits per heavy atom. The standard InChI is InChI=1S/C13H13NO2P.C12H11NO2P.Y/c1-17(14,15-12-8-4-2-5-9-12)16-13-10-6-3-7-11-13;13-16(14-11-7-3-1-4-8-11)15-12-9-5-2-6-10-12;/h2-11H,1H3;1-10,13H;/q-1;+1;. The van der Waals surface area contributed by atoms with Gasteiger partial charge >= 0.3 is 8.17 Å². The van der Waals surface area contributed by atoms with Crippen LogP contribution in [0.5, 0.6) is 23.0 Å². The maximum atomic E-state index is 10.1. The Labute approximate surface area is 226 Å². The molecular formula is C25H24N2O4P2Y. The van der Waals surface area contributed by atoms with Gasteiger partial charge in [0.15, 0.2) is 11.5 Å². The van der Waals surface area contributed by atoms with E-state index in [0.29, 0.717) is 23.0 Å². The molecule has 0 atom stereocenters. The molecule has 0 unspecified atom stereocenters. The van der Waals surface area contributed by atoms with Gasteiger partial charge in [-0.15, -0.1) is 0 Å². The van der Waals surface area contributed by atoms with Gasteiger partial charge in [-0.25, -0.2) is 9.05 Å². The molecule has 4 rings (SSSR count). The summed E-state index contributed by atoms with van der Waals surface area (Å²) in [6, 6.07) is 36.7. The Morgan fingerprint density at radius 1 is 0.559 bits per heavy atom. The van der Waals surface area contributed by atoms with Gasteiger partial charge in [-0.05, 0) is 53.7 Å². The topological polar surface area (TPSA) is 83.1 Å². The minimum absolute atomic E-state index is 0. The van der Waals surface area contributed by atoms with Crippen molar-refractivity contribution in [1.82, 2.24) is 0 Å². The van der Waals surface area contributed by atoms with Crippen molar-refractivity contribution >= 4 is 15.7 Å². The largest absolute Gasteiger partial charge is 0.741 e. The van der Waals surface area contributed by atoms with Gasteiger partial charge in [0.05, 0.1) is 0 Å². The second kappa shape index (κ2) is 14.7. The third-order valence-electron chi connectivity index (χ3n) is 3.90. The van der Waals surface area contributed by atoms with Crippen molar-refractivity contribution in [2.75, 3.05) is 6.66 Å². The first kappa shape index (κ1) is 27.8. The first-order valence-electron chi connectivity index (χ1n) is 10.1. The Bertz CT molecular complexity index is 1080. The zero-order chi connectivity index (χ0) is 23.4. The number of rotatable bonds is 8. The molecule has 0 saturated carbocycles. The summed E-state index contributed by atoms with van der Waals surface area (Å²) < 4.78 is 21.6. The molecule has 0 aromatic heterocycles. The van der Waals surface area contributed by atoms with Gasteiger partial charge in [-0.2, -0.15) is 0 Å². The fourth-order valence-electron chi connectivity index (χ4n) is 2.55. The molecule has 4 aromatic carbocycles. The molecule has 0 spiro atoms. The molecule has 4 aromatic rings. The predicted molar refractivity (Wildman–Crippen MR) is 134 cm³/mol. The maximum Gasteiger partial charge on any atom is 0.664 e. The second-order valence-electron chi connectivity index (χ2n) is 6.68. The van der Waals surface area contributed by atoms with Crippen LogP contribution >= 0.6 is 15.7 Å². The van der Waals surface area contributed by atoms with Crippen LogP contribution in [-0.2, 0) is 32.7 Å². The summed E-state index contributed by atoms with van der Waals surface area (Å²) in [6.45, 7) is 1.56. The third-order valence-corrected chi connectivity index (χ3v) is 5.75. The van der Waals surface area contributed by atoms with Crippen molar-refractivity contribution in [1.29, 1.82) is 5.16 Å². The number of hydrogen-bond acceptors (Lipinski definition) is 5. The Morgan fingerprint density at radius 2 is 0.824 bits per heavy atom.